The molecule has 38 heavy (non-hydrogen) atoms. The quantitative estimate of drug-likeness (QED) is 0.146. The van der Waals surface area contributed by atoms with E-state index in [1.165, 1.54) is 6.08 Å². The lowest BCUT2D eigenvalue weighted by molar-refractivity contribution is -0.359. The molecule has 2 fully saturated rings. The fourth-order valence-corrected chi connectivity index (χ4v) is 3.97. The number of ether oxygens (including phenoxy) is 8. The molecule has 10 atom stereocenters. The third-order valence-electron chi connectivity index (χ3n) is 5.44. The van der Waals surface area contributed by atoms with Crippen LogP contribution in [0.1, 0.15) is 27.7 Å². The molecule has 2 aliphatic heterocycles. The molecule has 2 heterocycles. The summed E-state index contributed by atoms with van der Waals surface area (Å²) in [6, 6.07) is 0. The summed E-state index contributed by atoms with van der Waals surface area (Å²) < 4.78 is 43.4. The van der Waals surface area contributed by atoms with Gasteiger partial charge in [-0.15, -0.1) is 6.58 Å². The largest absolute Gasteiger partial charge is 0.463 e. The van der Waals surface area contributed by atoms with E-state index in [0.29, 0.717) is 0 Å². The summed E-state index contributed by atoms with van der Waals surface area (Å²) in [6.45, 7) is 6.56. The Morgan fingerprint density at radius 2 is 1.32 bits per heavy atom. The van der Waals surface area contributed by atoms with Gasteiger partial charge in [-0.05, 0) is 0 Å². The third kappa shape index (κ3) is 8.42. The van der Waals surface area contributed by atoms with E-state index < -0.39 is 98.5 Å². The maximum Gasteiger partial charge on any atom is 0.303 e. The molecule has 2 aliphatic rings. The lowest BCUT2D eigenvalue weighted by Crippen LogP contribution is -2.66. The van der Waals surface area contributed by atoms with E-state index in [4.69, 9.17) is 37.9 Å². The van der Waals surface area contributed by atoms with Crippen LogP contribution in [0.2, 0.25) is 0 Å². The van der Waals surface area contributed by atoms with E-state index in [1.54, 1.807) is 0 Å². The minimum atomic E-state index is -1.71. The minimum Gasteiger partial charge on any atom is -0.463 e. The molecule has 2 saturated heterocycles. The van der Waals surface area contributed by atoms with Crippen molar-refractivity contribution in [3.05, 3.63) is 12.7 Å². The Bertz CT molecular complexity index is 845. The highest BCUT2D eigenvalue weighted by molar-refractivity contribution is 5.68. The number of carbonyl (C=O) groups excluding carboxylic acids is 4. The summed E-state index contributed by atoms with van der Waals surface area (Å²) in [4.78, 5) is 47.2. The number of aliphatic hydroxyl groups is 3. The van der Waals surface area contributed by atoms with Gasteiger partial charge in [0.05, 0.1) is 13.2 Å². The van der Waals surface area contributed by atoms with Gasteiger partial charge >= 0.3 is 23.9 Å². The van der Waals surface area contributed by atoms with Crippen LogP contribution < -0.4 is 0 Å². The van der Waals surface area contributed by atoms with Crippen molar-refractivity contribution in [2.75, 3.05) is 19.8 Å². The van der Waals surface area contributed by atoms with Gasteiger partial charge in [0.1, 0.15) is 37.1 Å². The molecule has 216 valence electrons. The molecule has 0 unspecified atom stereocenters. The molecule has 0 aliphatic carbocycles. The molecule has 0 aromatic rings. The summed E-state index contributed by atoms with van der Waals surface area (Å²) in [6.07, 6.45) is -13.5. The van der Waals surface area contributed by atoms with Crippen molar-refractivity contribution < 1.29 is 72.4 Å². The molecule has 0 spiro atoms. The molecule has 2 rings (SSSR count). The van der Waals surface area contributed by atoms with Crippen molar-refractivity contribution in [1.29, 1.82) is 0 Å². The third-order valence-corrected chi connectivity index (χ3v) is 5.44. The molecule has 0 saturated carbocycles. The first-order chi connectivity index (χ1) is 17.9. The first-order valence-electron chi connectivity index (χ1n) is 11.7. The maximum atomic E-state index is 12.0. The Labute approximate surface area is 218 Å². The number of esters is 4. The molecule has 0 aromatic carbocycles. The number of aliphatic hydroxyl groups excluding tert-OH is 3. The molecular formula is C23H34O15. The zero-order valence-electron chi connectivity index (χ0n) is 21.4. The molecule has 0 aromatic heterocycles. The second-order valence-corrected chi connectivity index (χ2v) is 8.50. The highest BCUT2D eigenvalue weighted by atomic mass is 16.8. The van der Waals surface area contributed by atoms with E-state index in [0.717, 1.165) is 27.7 Å². The Morgan fingerprint density at radius 3 is 1.84 bits per heavy atom. The Kier molecular flexibility index (Phi) is 12.0. The Balaban J connectivity index is 2.44. The minimum absolute atomic E-state index is 0.0299. The van der Waals surface area contributed by atoms with Crippen molar-refractivity contribution in [2.45, 2.75) is 89.1 Å². The monoisotopic (exact) mass is 550 g/mol. The van der Waals surface area contributed by atoms with Crippen molar-refractivity contribution in [2.24, 2.45) is 0 Å². The van der Waals surface area contributed by atoms with Gasteiger partial charge in [0, 0.05) is 27.7 Å². The smallest absolute Gasteiger partial charge is 0.303 e. The first kappa shape index (κ1) is 31.6. The number of carbonyl (C=O) groups is 4. The van der Waals surface area contributed by atoms with Crippen LogP contribution >= 0.6 is 0 Å². The van der Waals surface area contributed by atoms with Crippen LogP contribution in [0.3, 0.4) is 0 Å². The normalized spacial score (nSPS) is 35.0. The molecule has 15 nitrogen and oxygen atoms in total. The number of hydrogen-bond acceptors (Lipinski definition) is 15. The molecule has 15 heteroatoms. The molecular weight excluding hydrogens is 516 g/mol. The van der Waals surface area contributed by atoms with Gasteiger partial charge in [0.2, 0.25) is 0 Å². The average Bonchev–Trinajstić information content (AvgIpc) is 2.83. The predicted octanol–water partition coefficient (Wildman–Crippen LogP) is -1.90. The predicted molar refractivity (Wildman–Crippen MR) is 121 cm³/mol. The lowest BCUT2D eigenvalue weighted by atomic mass is 9.96. The number of rotatable bonds is 11. The van der Waals surface area contributed by atoms with Crippen LogP contribution in [0.4, 0.5) is 0 Å². The van der Waals surface area contributed by atoms with E-state index >= 15 is 0 Å². The van der Waals surface area contributed by atoms with Gasteiger partial charge in [-0.25, -0.2) is 0 Å². The fraction of sp³-hybridized carbons (Fsp3) is 0.739. The zero-order chi connectivity index (χ0) is 28.6. The molecule has 0 amide bonds. The van der Waals surface area contributed by atoms with Crippen molar-refractivity contribution in [3.8, 4) is 0 Å². The number of hydrogen-bond donors (Lipinski definition) is 3. The van der Waals surface area contributed by atoms with E-state index in [-0.39, 0.29) is 6.61 Å². The topological polar surface area (TPSA) is 203 Å². The van der Waals surface area contributed by atoms with Gasteiger partial charge in [0.25, 0.3) is 0 Å². The lowest BCUT2D eigenvalue weighted by Gasteiger charge is -2.47. The van der Waals surface area contributed by atoms with Crippen LogP contribution in [-0.4, -0.2) is 120 Å². The van der Waals surface area contributed by atoms with Crippen LogP contribution in [0.25, 0.3) is 0 Å². The fourth-order valence-electron chi connectivity index (χ4n) is 3.97. The maximum absolute atomic E-state index is 12.0. The summed E-state index contributed by atoms with van der Waals surface area (Å²) in [5.74, 6) is -3.22. The first-order valence-corrected chi connectivity index (χ1v) is 11.7. The van der Waals surface area contributed by atoms with Gasteiger partial charge in [-0.1, -0.05) is 6.08 Å². The van der Waals surface area contributed by atoms with Crippen LogP contribution in [0, 0.1) is 0 Å². The molecule has 3 N–H and O–H groups in total. The second-order valence-electron chi connectivity index (χ2n) is 8.50. The van der Waals surface area contributed by atoms with E-state index in [1.807, 2.05) is 0 Å². The summed E-state index contributed by atoms with van der Waals surface area (Å²) in [7, 11) is 0. The van der Waals surface area contributed by atoms with E-state index in [2.05, 4.69) is 6.58 Å². The van der Waals surface area contributed by atoms with Crippen LogP contribution in [-0.2, 0) is 57.1 Å². The van der Waals surface area contributed by atoms with Gasteiger partial charge < -0.3 is 53.2 Å². The van der Waals surface area contributed by atoms with Gasteiger partial charge in [-0.2, -0.15) is 0 Å². The second kappa shape index (κ2) is 14.5. The van der Waals surface area contributed by atoms with Crippen LogP contribution in [0.15, 0.2) is 12.7 Å². The van der Waals surface area contributed by atoms with E-state index in [9.17, 15) is 34.5 Å². The summed E-state index contributed by atoms with van der Waals surface area (Å²) in [5.41, 5.74) is 0. The zero-order valence-corrected chi connectivity index (χ0v) is 21.4. The van der Waals surface area contributed by atoms with Crippen LogP contribution in [0.5, 0.6) is 0 Å². The average molecular weight is 551 g/mol. The van der Waals surface area contributed by atoms with Crippen molar-refractivity contribution in [3.63, 3.8) is 0 Å². The SMILES string of the molecule is C=CCO[C@@H]1O[C@H](CO)[C@H](O[C@@H]2O[C@H](COC(C)=O)[C@H](OC(C)=O)[C@H](OC(C)=O)[C@H]2OC(C)=O)[C@H](O)[C@H]1O. The molecule has 0 radical (unpaired) electrons. The van der Waals surface area contributed by atoms with Gasteiger partial charge in [-0.3, -0.25) is 19.2 Å². The van der Waals surface area contributed by atoms with Crippen molar-refractivity contribution in [1.82, 2.24) is 0 Å². The highest BCUT2D eigenvalue weighted by Crippen LogP contribution is 2.33. The summed E-state index contributed by atoms with van der Waals surface area (Å²) >= 11 is 0. The summed E-state index contributed by atoms with van der Waals surface area (Å²) in [5, 5.41) is 31.1. The highest BCUT2D eigenvalue weighted by Gasteiger charge is 2.55. The Hall–Kier alpha value is -2.66. The van der Waals surface area contributed by atoms with Gasteiger partial charge in [0.15, 0.2) is 30.9 Å². The van der Waals surface area contributed by atoms with Crippen molar-refractivity contribution >= 4 is 23.9 Å². The molecule has 0 bridgehead atoms. The standard InChI is InChI=1S/C23H34O15/c1-6-7-31-22-17(30)16(29)18(14(8-24)36-22)38-23-21(35-13(5)28)20(34-12(4)27)19(33-11(3)26)15(37-23)9-32-10(2)25/h6,14-24,29-30H,1,7-9H2,2-5H3/t14-,15-,16-,17-,18+,19+,20+,21-,22-,23+/m1/s1. The Morgan fingerprint density at radius 1 is 0.763 bits per heavy atom.